The summed E-state index contributed by atoms with van der Waals surface area (Å²) in [5.41, 5.74) is 0.349. The van der Waals surface area contributed by atoms with Crippen LogP contribution in [0, 0.1) is 0 Å². The Kier molecular flexibility index (Phi) is 2.73. The van der Waals surface area contributed by atoms with E-state index in [4.69, 9.17) is 18.9 Å². The van der Waals surface area contributed by atoms with Crippen LogP contribution in [0.2, 0.25) is 0 Å². The number of carbonyl (C=O) groups is 1. The minimum Gasteiger partial charge on any atom is -0.467 e. The van der Waals surface area contributed by atoms with Gasteiger partial charge in [-0.3, -0.25) is 4.79 Å². The third-order valence-corrected chi connectivity index (χ3v) is 1.99. The summed E-state index contributed by atoms with van der Waals surface area (Å²) in [5, 5.41) is 0. The van der Waals surface area contributed by atoms with Gasteiger partial charge in [0.2, 0.25) is 6.79 Å². The van der Waals surface area contributed by atoms with Crippen molar-refractivity contribution in [1.82, 2.24) is 0 Å². The molecule has 2 rings (SSSR count). The lowest BCUT2D eigenvalue weighted by Gasteiger charge is -2.08. The summed E-state index contributed by atoms with van der Waals surface area (Å²) in [7, 11) is 1.51. The Bertz CT molecular complexity index is 374. The minimum atomic E-state index is 0.0838. The third-order valence-electron chi connectivity index (χ3n) is 1.99. The van der Waals surface area contributed by atoms with Crippen LogP contribution < -0.4 is 14.2 Å². The topological polar surface area (TPSA) is 54.0 Å². The number of benzene rings is 1. The molecular weight excluding hydrogens is 200 g/mol. The van der Waals surface area contributed by atoms with Crippen molar-refractivity contribution in [2.45, 2.75) is 0 Å². The van der Waals surface area contributed by atoms with E-state index in [2.05, 4.69) is 0 Å². The molecule has 15 heavy (non-hydrogen) atoms. The van der Waals surface area contributed by atoms with E-state index in [1.54, 1.807) is 12.1 Å². The summed E-state index contributed by atoms with van der Waals surface area (Å²) in [5.74, 6) is 1.41. The molecule has 5 heteroatoms. The second-order valence-electron chi connectivity index (χ2n) is 2.88. The molecule has 0 radical (unpaired) electrons. The van der Waals surface area contributed by atoms with Gasteiger partial charge in [-0.15, -0.1) is 0 Å². The normalized spacial score (nSPS) is 12.6. The largest absolute Gasteiger partial charge is 0.467 e. The third kappa shape index (κ3) is 1.73. The van der Waals surface area contributed by atoms with Crippen LogP contribution in [-0.2, 0) is 4.74 Å². The molecule has 0 amide bonds. The fraction of sp³-hybridized carbons (Fsp3) is 0.300. The molecule has 0 saturated heterocycles. The molecule has 1 aromatic carbocycles. The molecule has 80 valence electrons. The van der Waals surface area contributed by atoms with E-state index in [0.717, 1.165) is 0 Å². The van der Waals surface area contributed by atoms with Crippen molar-refractivity contribution in [1.29, 1.82) is 0 Å². The Balaban J connectivity index is 2.34. The first-order valence-electron chi connectivity index (χ1n) is 4.36. The lowest BCUT2D eigenvalue weighted by Crippen LogP contribution is -2.02. The maximum absolute atomic E-state index is 10.9. The van der Waals surface area contributed by atoms with Gasteiger partial charge in [0.15, 0.2) is 24.6 Å². The van der Waals surface area contributed by atoms with Crippen molar-refractivity contribution in [3.05, 3.63) is 17.7 Å². The molecule has 0 aromatic heterocycles. The molecular formula is C10H10O5. The van der Waals surface area contributed by atoms with Crippen LogP contribution in [0.15, 0.2) is 12.1 Å². The molecule has 1 heterocycles. The number of fused-ring (bicyclic) bond motifs is 1. The van der Waals surface area contributed by atoms with Gasteiger partial charge in [0.25, 0.3) is 0 Å². The zero-order valence-corrected chi connectivity index (χ0v) is 8.19. The van der Waals surface area contributed by atoms with Gasteiger partial charge < -0.3 is 18.9 Å². The number of carbonyl (C=O) groups excluding carboxylic acids is 1. The molecule has 0 N–H and O–H groups in total. The van der Waals surface area contributed by atoms with Crippen LogP contribution >= 0.6 is 0 Å². The molecule has 1 aliphatic heterocycles. The zero-order valence-electron chi connectivity index (χ0n) is 8.19. The molecule has 0 atom stereocenters. The average molecular weight is 210 g/mol. The van der Waals surface area contributed by atoms with Crippen LogP contribution in [-0.4, -0.2) is 27.0 Å². The smallest absolute Gasteiger partial charge is 0.231 e. The summed E-state index contributed by atoms with van der Waals surface area (Å²) >= 11 is 0. The van der Waals surface area contributed by atoms with Crippen LogP contribution in [0.4, 0.5) is 0 Å². The van der Waals surface area contributed by atoms with Crippen LogP contribution in [0.25, 0.3) is 0 Å². The highest BCUT2D eigenvalue weighted by atomic mass is 16.7. The van der Waals surface area contributed by atoms with Gasteiger partial charge in [0.05, 0.1) is 0 Å². The number of rotatable bonds is 4. The number of ether oxygens (including phenoxy) is 4. The lowest BCUT2D eigenvalue weighted by molar-refractivity contribution is 0.0504. The Labute approximate surface area is 86.5 Å². The van der Waals surface area contributed by atoms with Crippen molar-refractivity contribution >= 4 is 6.29 Å². The van der Waals surface area contributed by atoms with Gasteiger partial charge in [-0.25, -0.2) is 0 Å². The molecule has 5 nitrogen and oxygen atoms in total. The van der Waals surface area contributed by atoms with Crippen molar-refractivity contribution in [3.8, 4) is 17.2 Å². The molecule has 0 spiro atoms. The monoisotopic (exact) mass is 210 g/mol. The average Bonchev–Trinajstić information content (AvgIpc) is 2.73. The molecule has 1 aliphatic rings. The molecule has 0 aliphatic carbocycles. The van der Waals surface area contributed by atoms with E-state index >= 15 is 0 Å². The van der Waals surface area contributed by atoms with Crippen molar-refractivity contribution in [2.24, 2.45) is 0 Å². The standard InChI is InChI=1S/C10H10O5/c1-12-5-13-8-2-3-9-10(7(8)4-11)15-6-14-9/h2-4H,5-6H2,1H3. The summed E-state index contributed by atoms with van der Waals surface area (Å²) < 4.78 is 20.3. The predicted octanol–water partition coefficient (Wildman–Crippen LogP) is 1.21. The van der Waals surface area contributed by atoms with E-state index in [1.165, 1.54) is 7.11 Å². The first-order valence-corrected chi connectivity index (χ1v) is 4.36. The SMILES string of the molecule is COCOc1ccc2c(c1C=O)OCO2. The quantitative estimate of drug-likeness (QED) is 0.552. The number of methoxy groups -OCH3 is 1. The summed E-state index contributed by atoms with van der Waals surface area (Å²) in [6, 6.07) is 3.34. The Morgan fingerprint density at radius 3 is 3.07 bits per heavy atom. The predicted molar refractivity (Wildman–Crippen MR) is 50.5 cm³/mol. The van der Waals surface area contributed by atoms with Crippen LogP contribution in [0.5, 0.6) is 17.2 Å². The molecule has 0 saturated carbocycles. The maximum atomic E-state index is 10.9. The van der Waals surface area contributed by atoms with Crippen molar-refractivity contribution < 1.29 is 23.7 Å². The van der Waals surface area contributed by atoms with Crippen molar-refractivity contribution in [3.63, 3.8) is 0 Å². The fourth-order valence-electron chi connectivity index (χ4n) is 1.34. The summed E-state index contributed by atoms with van der Waals surface area (Å²) in [6.07, 6.45) is 0.679. The highest BCUT2D eigenvalue weighted by Crippen LogP contribution is 2.39. The summed E-state index contributed by atoms with van der Waals surface area (Å²) in [4.78, 5) is 10.9. The Hall–Kier alpha value is -1.75. The van der Waals surface area contributed by atoms with E-state index < -0.39 is 0 Å². The second kappa shape index (κ2) is 4.18. The minimum absolute atomic E-state index is 0.0838. The molecule has 1 aromatic rings. The van der Waals surface area contributed by atoms with E-state index in [-0.39, 0.29) is 13.6 Å². The second-order valence-corrected chi connectivity index (χ2v) is 2.88. The van der Waals surface area contributed by atoms with Crippen LogP contribution in [0.3, 0.4) is 0 Å². The number of aldehydes is 1. The van der Waals surface area contributed by atoms with Crippen LogP contribution in [0.1, 0.15) is 10.4 Å². The van der Waals surface area contributed by atoms with Gasteiger partial charge in [-0.05, 0) is 12.1 Å². The Morgan fingerprint density at radius 2 is 2.33 bits per heavy atom. The van der Waals surface area contributed by atoms with Gasteiger partial charge in [-0.1, -0.05) is 0 Å². The highest BCUT2D eigenvalue weighted by molar-refractivity contribution is 5.85. The van der Waals surface area contributed by atoms with Gasteiger partial charge in [0.1, 0.15) is 11.3 Å². The zero-order chi connectivity index (χ0) is 10.7. The first-order chi connectivity index (χ1) is 7.36. The van der Waals surface area contributed by atoms with E-state index in [0.29, 0.717) is 29.1 Å². The number of hydrogen-bond acceptors (Lipinski definition) is 5. The summed E-state index contributed by atoms with van der Waals surface area (Å²) in [6.45, 7) is 0.213. The van der Waals surface area contributed by atoms with Gasteiger partial charge in [-0.2, -0.15) is 0 Å². The number of hydrogen-bond donors (Lipinski definition) is 0. The maximum Gasteiger partial charge on any atom is 0.231 e. The molecule has 0 bridgehead atoms. The van der Waals surface area contributed by atoms with E-state index in [9.17, 15) is 4.79 Å². The van der Waals surface area contributed by atoms with Gasteiger partial charge in [0, 0.05) is 7.11 Å². The Morgan fingerprint density at radius 1 is 1.47 bits per heavy atom. The van der Waals surface area contributed by atoms with E-state index in [1.807, 2.05) is 0 Å². The first kappa shape index (κ1) is 9.79. The fourth-order valence-corrected chi connectivity index (χ4v) is 1.34. The lowest BCUT2D eigenvalue weighted by atomic mass is 10.2. The molecule has 0 fully saturated rings. The molecule has 0 unspecified atom stereocenters. The van der Waals surface area contributed by atoms with Gasteiger partial charge >= 0.3 is 0 Å². The van der Waals surface area contributed by atoms with Crippen molar-refractivity contribution in [2.75, 3.05) is 20.7 Å². The highest BCUT2D eigenvalue weighted by Gasteiger charge is 2.21.